The van der Waals surface area contributed by atoms with Gasteiger partial charge in [0.25, 0.3) is 5.56 Å². The third-order valence-corrected chi connectivity index (χ3v) is 3.27. The van der Waals surface area contributed by atoms with Crippen LogP contribution in [-0.2, 0) is 0 Å². The molecule has 5 heteroatoms. The van der Waals surface area contributed by atoms with Crippen LogP contribution < -0.4 is 11.3 Å². The molecular formula is C13H14BrN3O. The van der Waals surface area contributed by atoms with E-state index in [1.165, 1.54) is 0 Å². The maximum absolute atomic E-state index is 11.9. The minimum Gasteiger partial charge on any atom is -0.383 e. The van der Waals surface area contributed by atoms with E-state index in [-0.39, 0.29) is 11.6 Å². The highest BCUT2D eigenvalue weighted by molar-refractivity contribution is 9.10. The van der Waals surface area contributed by atoms with Crippen molar-refractivity contribution in [3.05, 3.63) is 45.4 Å². The fraction of sp³-hybridized carbons (Fsp3) is 0.231. The molecule has 0 bridgehead atoms. The van der Waals surface area contributed by atoms with Gasteiger partial charge in [-0.05, 0) is 48.0 Å². The largest absolute Gasteiger partial charge is 0.383 e. The number of nitrogen functional groups attached to an aromatic ring is 1. The molecule has 94 valence electrons. The quantitative estimate of drug-likeness (QED) is 0.928. The van der Waals surface area contributed by atoms with E-state index in [9.17, 15) is 4.79 Å². The zero-order chi connectivity index (χ0) is 13.3. The molecule has 2 aromatic heterocycles. The Bertz CT molecular complexity index is 634. The molecule has 2 aromatic rings. The van der Waals surface area contributed by atoms with Gasteiger partial charge in [-0.3, -0.25) is 4.79 Å². The van der Waals surface area contributed by atoms with E-state index in [2.05, 4.69) is 20.9 Å². The van der Waals surface area contributed by atoms with Gasteiger partial charge >= 0.3 is 0 Å². The third kappa shape index (κ3) is 2.31. The number of halogens is 1. The summed E-state index contributed by atoms with van der Waals surface area (Å²) in [5, 5.41) is 0. The van der Waals surface area contributed by atoms with Crippen molar-refractivity contribution in [3.8, 4) is 11.1 Å². The second-order valence-corrected chi connectivity index (χ2v) is 5.17. The lowest BCUT2D eigenvalue weighted by Gasteiger charge is -2.13. The van der Waals surface area contributed by atoms with E-state index in [1.54, 1.807) is 16.8 Å². The van der Waals surface area contributed by atoms with Gasteiger partial charge in [-0.2, -0.15) is 0 Å². The molecule has 0 aliphatic carbocycles. The van der Waals surface area contributed by atoms with Gasteiger partial charge in [0.05, 0.1) is 4.47 Å². The summed E-state index contributed by atoms with van der Waals surface area (Å²) in [7, 11) is 0. The van der Waals surface area contributed by atoms with Crippen molar-refractivity contribution >= 4 is 21.7 Å². The summed E-state index contributed by atoms with van der Waals surface area (Å²) >= 11 is 3.29. The molecule has 18 heavy (non-hydrogen) atoms. The van der Waals surface area contributed by atoms with Crippen molar-refractivity contribution in [3.63, 3.8) is 0 Å². The molecule has 2 N–H and O–H groups in total. The number of hydrogen-bond acceptors (Lipinski definition) is 3. The molecule has 0 spiro atoms. The molecule has 0 aliphatic rings. The third-order valence-electron chi connectivity index (χ3n) is 2.71. The van der Waals surface area contributed by atoms with Gasteiger partial charge in [0.15, 0.2) is 0 Å². The molecule has 0 atom stereocenters. The molecule has 0 aliphatic heterocycles. The Morgan fingerprint density at radius 2 is 2.17 bits per heavy atom. The zero-order valence-corrected chi connectivity index (χ0v) is 11.8. The van der Waals surface area contributed by atoms with Crippen molar-refractivity contribution in [1.29, 1.82) is 0 Å². The molecule has 0 aromatic carbocycles. The second-order valence-electron chi connectivity index (χ2n) is 4.32. The van der Waals surface area contributed by atoms with Crippen LogP contribution in [0.1, 0.15) is 19.9 Å². The number of rotatable bonds is 2. The zero-order valence-electron chi connectivity index (χ0n) is 10.2. The summed E-state index contributed by atoms with van der Waals surface area (Å²) < 4.78 is 2.20. The number of pyridine rings is 2. The van der Waals surface area contributed by atoms with Gasteiger partial charge in [-0.1, -0.05) is 0 Å². The number of nitrogens with zero attached hydrogens (tertiary/aromatic N) is 2. The Balaban J connectivity index is 2.67. The van der Waals surface area contributed by atoms with E-state index in [4.69, 9.17) is 5.73 Å². The lowest BCUT2D eigenvalue weighted by molar-refractivity contribution is 0.577. The predicted octanol–water partition coefficient (Wildman–Crippen LogP) is 2.84. The van der Waals surface area contributed by atoms with E-state index in [1.807, 2.05) is 32.2 Å². The van der Waals surface area contributed by atoms with Gasteiger partial charge in [-0.15, -0.1) is 0 Å². The van der Waals surface area contributed by atoms with Gasteiger partial charge in [-0.25, -0.2) is 4.98 Å². The van der Waals surface area contributed by atoms with Crippen LogP contribution in [0.4, 0.5) is 5.82 Å². The Morgan fingerprint density at radius 3 is 2.78 bits per heavy atom. The number of nitrogens with two attached hydrogens (primary N) is 1. The van der Waals surface area contributed by atoms with Crippen LogP contribution in [0.25, 0.3) is 11.1 Å². The Kier molecular flexibility index (Phi) is 3.52. The smallest absolute Gasteiger partial charge is 0.265 e. The average molecular weight is 308 g/mol. The number of aromatic nitrogens is 2. The maximum atomic E-state index is 11.9. The van der Waals surface area contributed by atoms with Crippen LogP contribution in [0.15, 0.2) is 39.9 Å². The summed E-state index contributed by atoms with van der Waals surface area (Å²) in [6.45, 7) is 3.93. The van der Waals surface area contributed by atoms with Crippen molar-refractivity contribution in [2.75, 3.05) is 5.73 Å². The summed E-state index contributed by atoms with van der Waals surface area (Å²) in [5.41, 5.74) is 7.51. The molecule has 0 unspecified atom stereocenters. The number of anilines is 1. The van der Waals surface area contributed by atoms with Gasteiger partial charge < -0.3 is 10.3 Å². The monoisotopic (exact) mass is 307 g/mol. The molecule has 4 nitrogen and oxygen atoms in total. The van der Waals surface area contributed by atoms with Crippen LogP contribution in [0, 0.1) is 0 Å². The summed E-state index contributed by atoms with van der Waals surface area (Å²) in [6.07, 6.45) is 3.46. The molecule has 0 saturated heterocycles. The minimum absolute atomic E-state index is 0.0452. The van der Waals surface area contributed by atoms with Crippen LogP contribution >= 0.6 is 15.9 Å². The topological polar surface area (TPSA) is 60.9 Å². The van der Waals surface area contributed by atoms with Gasteiger partial charge in [0.2, 0.25) is 0 Å². The van der Waals surface area contributed by atoms with Crippen molar-refractivity contribution < 1.29 is 0 Å². The van der Waals surface area contributed by atoms with E-state index >= 15 is 0 Å². The highest BCUT2D eigenvalue weighted by Crippen LogP contribution is 2.25. The first-order valence-corrected chi connectivity index (χ1v) is 6.42. The fourth-order valence-corrected chi connectivity index (χ4v) is 2.21. The van der Waals surface area contributed by atoms with E-state index in [0.29, 0.717) is 10.3 Å². The Morgan fingerprint density at radius 1 is 1.44 bits per heavy atom. The van der Waals surface area contributed by atoms with Gasteiger partial charge in [0.1, 0.15) is 5.82 Å². The first-order chi connectivity index (χ1) is 8.50. The molecule has 0 fully saturated rings. The fourth-order valence-electron chi connectivity index (χ4n) is 1.76. The molecule has 2 rings (SSSR count). The SMILES string of the molecule is CC(C)n1cc(-c2cccnc2N)cc(Br)c1=O. The Hall–Kier alpha value is -1.62. The van der Waals surface area contributed by atoms with Crippen LogP contribution in [0.5, 0.6) is 0 Å². The summed E-state index contributed by atoms with van der Waals surface area (Å²) in [5.74, 6) is 0.457. The van der Waals surface area contributed by atoms with E-state index < -0.39 is 0 Å². The molecular weight excluding hydrogens is 294 g/mol. The predicted molar refractivity (Wildman–Crippen MR) is 76.4 cm³/mol. The van der Waals surface area contributed by atoms with Crippen LogP contribution in [-0.4, -0.2) is 9.55 Å². The minimum atomic E-state index is -0.0452. The molecule has 2 heterocycles. The van der Waals surface area contributed by atoms with Crippen molar-refractivity contribution in [2.45, 2.75) is 19.9 Å². The lowest BCUT2D eigenvalue weighted by atomic mass is 10.1. The lowest BCUT2D eigenvalue weighted by Crippen LogP contribution is -2.22. The molecule has 0 saturated carbocycles. The standard InChI is InChI=1S/C13H14BrN3O/c1-8(2)17-7-9(6-11(14)13(17)18)10-4-3-5-16-12(10)15/h3-8H,1-2H3,(H2,15,16). The second kappa shape index (κ2) is 4.94. The van der Waals surface area contributed by atoms with E-state index in [0.717, 1.165) is 11.1 Å². The van der Waals surface area contributed by atoms with Gasteiger partial charge in [0, 0.05) is 29.6 Å². The van der Waals surface area contributed by atoms with Crippen molar-refractivity contribution in [2.24, 2.45) is 0 Å². The molecule has 0 amide bonds. The van der Waals surface area contributed by atoms with Crippen LogP contribution in [0.2, 0.25) is 0 Å². The summed E-state index contributed by atoms with van der Waals surface area (Å²) in [4.78, 5) is 16.0. The average Bonchev–Trinajstić information content (AvgIpc) is 2.33. The highest BCUT2D eigenvalue weighted by Gasteiger charge is 2.10. The maximum Gasteiger partial charge on any atom is 0.265 e. The first-order valence-electron chi connectivity index (χ1n) is 5.63. The Labute approximate surface area is 114 Å². The first kappa shape index (κ1) is 12.8. The highest BCUT2D eigenvalue weighted by atomic mass is 79.9. The number of hydrogen-bond donors (Lipinski definition) is 1. The van der Waals surface area contributed by atoms with Crippen LogP contribution in [0.3, 0.4) is 0 Å². The molecule has 0 radical (unpaired) electrons. The normalized spacial score (nSPS) is 10.9. The van der Waals surface area contributed by atoms with Crippen molar-refractivity contribution in [1.82, 2.24) is 9.55 Å². The summed E-state index contributed by atoms with van der Waals surface area (Å²) in [6, 6.07) is 5.57.